The Labute approximate surface area is 104 Å². The van der Waals surface area contributed by atoms with Gasteiger partial charge in [-0.1, -0.05) is 0 Å². The Morgan fingerprint density at radius 3 is 1.67 bits per heavy atom. The first-order valence-electron chi connectivity index (χ1n) is 4.59. The van der Waals surface area contributed by atoms with Crippen LogP contribution in [0.15, 0.2) is 0 Å². The summed E-state index contributed by atoms with van der Waals surface area (Å²) in [6.07, 6.45) is 17.6. The van der Waals surface area contributed by atoms with Gasteiger partial charge in [-0.15, -0.1) is 0 Å². The van der Waals surface area contributed by atoms with Crippen LogP contribution >= 0.6 is 0 Å². The molecule has 0 bridgehead atoms. The predicted molar refractivity (Wildman–Crippen MR) is 57.0 cm³/mol. The Kier molecular flexibility index (Phi) is 9.93. The van der Waals surface area contributed by atoms with Gasteiger partial charge in [0.2, 0.25) is 0 Å². The molecule has 2 nitrogen and oxygen atoms in total. The summed E-state index contributed by atoms with van der Waals surface area (Å²) in [5, 5.41) is 8.58. The first-order valence-corrected chi connectivity index (χ1v) is 4.59. The second kappa shape index (κ2) is 9.65. The maximum atomic E-state index is 8.58. The van der Waals surface area contributed by atoms with Crippen molar-refractivity contribution in [1.29, 1.82) is 0 Å². The second-order valence-electron chi connectivity index (χ2n) is 2.97. The average molecular weight is 245 g/mol. The van der Waals surface area contributed by atoms with Crippen molar-refractivity contribution in [2.45, 2.75) is 6.04 Å². The van der Waals surface area contributed by atoms with Crippen LogP contribution in [0.2, 0.25) is 0 Å². The molecule has 0 aromatic carbocycles. The molecule has 0 amide bonds. The number of rotatable bonds is 2. The van der Waals surface area contributed by atoms with Gasteiger partial charge in [0.15, 0.2) is 0 Å². The normalized spacial score (nSPS) is 22.8. The Morgan fingerprint density at radius 2 is 1.33 bits per heavy atom. The molecule has 0 saturated heterocycles. The van der Waals surface area contributed by atoms with Crippen LogP contribution in [0.1, 0.15) is 0 Å². The van der Waals surface area contributed by atoms with Crippen LogP contribution in [0.3, 0.4) is 0 Å². The van der Waals surface area contributed by atoms with Gasteiger partial charge in [0, 0.05) is 12.0 Å². The zero-order valence-corrected chi connectivity index (χ0v) is 9.46. The summed E-state index contributed by atoms with van der Waals surface area (Å²) in [7, 11) is 0. The molecular weight excluding hydrogens is 230 g/mol. The number of hydrogen-bond donors (Lipinski definition) is 2. The molecule has 2 rings (SSSR count). The van der Waals surface area contributed by atoms with Crippen molar-refractivity contribution in [1.82, 2.24) is 0 Å². The van der Waals surface area contributed by atoms with E-state index in [1.165, 1.54) is 0 Å². The van der Waals surface area contributed by atoms with Crippen molar-refractivity contribution < 1.29 is 22.2 Å². The first kappa shape index (κ1) is 15.4. The fourth-order valence-corrected chi connectivity index (χ4v) is 1.06. The summed E-state index contributed by atoms with van der Waals surface area (Å²) >= 11 is 0. The molecule has 2 aliphatic rings. The molecule has 2 aliphatic carbocycles. The molecule has 0 aromatic heterocycles. The zero-order valence-electron chi connectivity index (χ0n) is 8.36. The van der Waals surface area contributed by atoms with Gasteiger partial charge in [0.1, 0.15) is 0 Å². The van der Waals surface area contributed by atoms with E-state index in [-0.39, 0.29) is 29.7 Å². The zero-order chi connectivity index (χ0) is 10.2. The van der Waals surface area contributed by atoms with Crippen LogP contribution in [0.25, 0.3) is 0 Å². The Bertz CT molecular complexity index is 126. The largest absolute Gasteiger partial charge is 2.00 e. The molecule has 3 heteroatoms. The summed E-state index contributed by atoms with van der Waals surface area (Å²) in [4.78, 5) is 0. The molecule has 0 aromatic rings. The second-order valence-corrected chi connectivity index (χ2v) is 2.97. The predicted octanol–water partition coefficient (Wildman–Crippen LogP) is 0.730. The third-order valence-corrected chi connectivity index (χ3v) is 1.87. The molecule has 0 unspecified atom stereocenters. The van der Waals surface area contributed by atoms with E-state index in [0.717, 1.165) is 5.92 Å². The summed E-state index contributed by atoms with van der Waals surface area (Å²) in [5.41, 5.74) is 5.49. The van der Waals surface area contributed by atoms with Gasteiger partial charge < -0.3 is 10.8 Å². The minimum atomic E-state index is -0.208. The molecule has 0 spiro atoms. The topological polar surface area (TPSA) is 46.2 Å². The van der Waals surface area contributed by atoms with Gasteiger partial charge in [-0.3, -0.25) is 0 Å². The molecule has 80 valence electrons. The summed E-state index contributed by atoms with van der Waals surface area (Å²) in [6.45, 7) is 0.0179. The van der Waals surface area contributed by atoms with Gasteiger partial charge in [-0.25, -0.2) is 0 Å². The minimum Gasteiger partial charge on any atom is -0.395 e. The van der Waals surface area contributed by atoms with Crippen molar-refractivity contribution >= 4 is 0 Å². The van der Waals surface area contributed by atoms with Crippen LogP contribution < -0.4 is 5.73 Å². The van der Waals surface area contributed by atoms with Crippen molar-refractivity contribution in [3.63, 3.8) is 0 Å². The summed E-state index contributed by atoms with van der Waals surface area (Å²) < 4.78 is 0. The van der Waals surface area contributed by atoms with Crippen LogP contribution in [-0.4, -0.2) is 17.8 Å². The first-order chi connectivity index (χ1) is 6.84. The number of aliphatic hydroxyl groups excluding tert-OH is 1. The van der Waals surface area contributed by atoms with Crippen LogP contribution in [-0.2, 0) is 17.1 Å². The molecule has 0 heterocycles. The molecular formula is C12H15FeNO+2. The van der Waals surface area contributed by atoms with Crippen molar-refractivity contribution in [2.75, 3.05) is 6.61 Å². The van der Waals surface area contributed by atoms with E-state index >= 15 is 0 Å². The van der Waals surface area contributed by atoms with Gasteiger partial charge in [-0.05, 0) is 57.8 Å². The molecule has 3 N–H and O–H groups in total. The number of hydrogen-bond acceptors (Lipinski definition) is 2. The quantitative estimate of drug-likeness (QED) is 0.704. The Balaban J connectivity index is 0.000000280. The van der Waals surface area contributed by atoms with E-state index < -0.39 is 0 Å². The van der Waals surface area contributed by atoms with E-state index in [9.17, 15) is 0 Å². The maximum absolute atomic E-state index is 8.58. The molecule has 2 fully saturated rings. The van der Waals surface area contributed by atoms with Crippen LogP contribution in [0, 0.1) is 63.7 Å². The smallest absolute Gasteiger partial charge is 0.395 e. The van der Waals surface area contributed by atoms with Gasteiger partial charge in [0.25, 0.3) is 0 Å². The Morgan fingerprint density at radius 1 is 0.933 bits per heavy atom. The molecule has 15 heavy (non-hydrogen) atoms. The maximum Gasteiger partial charge on any atom is 2.00 e. The molecule has 0 aliphatic heterocycles. The standard InChI is InChI=1S/C7H10NO.C5H5.Fe/c8-7(5-9)6-3-1-2-4-6;1-2-4-5-3-1;/h1-4,7,9H,5,8H2;1-5H;/q;;+2/t7-;;/m1../s1. The van der Waals surface area contributed by atoms with E-state index in [1.807, 2.05) is 57.8 Å². The molecule has 1 atom stereocenters. The third-order valence-electron chi connectivity index (χ3n) is 1.87. The SMILES string of the molecule is N[C@H](CO)[C]1[CH][CH][CH][CH]1.[CH]1[CH][CH][CH][CH]1.[Fe+2]. The van der Waals surface area contributed by atoms with Crippen LogP contribution in [0.5, 0.6) is 0 Å². The number of nitrogens with two attached hydrogens (primary N) is 1. The van der Waals surface area contributed by atoms with Crippen molar-refractivity contribution in [2.24, 2.45) is 5.73 Å². The molecule has 10 radical (unpaired) electrons. The van der Waals surface area contributed by atoms with E-state index in [0.29, 0.717) is 0 Å². The van der Waals surface area contributed by atoms with Crippen LogP contribution in [0.4, 0.5) is 0 Å². The molecule has 2 saturated carbocycles. The van der Waals surface area contributed by atoms with Gasteiger partial charge >= 0.3 is 17.1 Å². The Hall–Kier alpha value is 0.439. The van der Waals surface area contributed by atoms with Crippen molar-refractivity contribution in [3.05, 3.63) is 63.7 Å². The fraction of sp³-hybridized carbons (Fsp3) is 0.167. The number of aliphatic hydroxyl groups is 1. The average Bonchev–Trinajstić information content (AvgIpc) is 2.91. The minimum absolute atomic E-state index is 0. The van der Waals surface area contributed by atoms with Crippen molar-refractivity contribution in [3.8, 4) is 0 Å². The van der Waals surface area contributed by atoms with E-state index in [2.05, 4.69) is 0 Å². The monoisotopic (exact) mass is 245 g/mol. The van der Waals surface area contributed by atoms with Gasteiger partial charge in [0.05, 0.1) is 6.61 Å². The fourth-order valence-electron chi connectivity index (χ4n) is 1.06. The van der Waals surface area contributed by atoms with E-state index in [1.54, 1.807) is 0 Å². The van der Waals surface area contributed by atoms with E-state index in [4.69, 9.17) is 10.8 Å². The summed E-state index contributed by atoms with van der Waals surface area (Å²) in [6, 6.07) is -0.208. The third kappa shape index (κ3) is 6.57. The summed E-state index contributed by atoms with van der Waals surface area (Å²) in [5.74, 6) is 0.998. The van der Waals surface area contributed by atoms with Gasteiger partial charge in [-0.2, -0.15) is 0 Å².